The molecule has 3 aromatic rings. The summed E-state index contributed by atoms with van der Waals surface area (Å²) in [6.45, 7) is 7.62. The molecule has 1 atom stereocenters. The van der Waals surface area contributed by atoms with Gasteiger partial charge in [-0.05, 0) is 74.4 Å². The molecule has 4 rings (SSSR count). The highest BCUT2D eigenvalue weighted by atomic mass is 35.5. The van der Waals surface area contributed by atoms with Gasteiger partial charge in [0.1, 0.15) is 5.75 Å². The van der Waals surface area contributed by atoms with Crippen LogP contribution in [-0.2, 0) is 0 Å². The van der Waals surface area contributed by atoms with Crippen LogP contribution in [0.2, 0.25) is 5.02 Å². The van der Waals surface area contributed by atoms with Gasteiger partial charge in [-0.3, -0.25) is 0 Å². The molecule has 1 aliphatic heterocycles. The van der Waals surface area contributed by atoms with Crippen molar-refractivity contribution in [2.45, 2.75) is 39.7 Å². The lowest BCUT2D eigenvalue weighted by molar-refractivity contribution is 0.340. The summed E-state index contributed by atoms with van der Waals surface area (Å²) in [6.07, 6.45) is 2.10. The lowest BCUT2D eigenvalue weighted by Crippen LogP contribution is -2.46. The predicted molar refractivity (Wildman–Crippen MR) is 135 cm³/mol. The summed E-state index contributed by atoms with van der Waals surface area (Å²) in [7, 11) is 0. The van der Waals surface area contributed by atoms with E-state index in [-0.39, 0.29) is 6.04 Å². The molecule has 1 unspecified atom stereocenters. The molecule has 0 bridgehead atoms. The molecule has 2 heterocycles. The third-order valence-corrected chi connectivity index (χ3v) is 6.21. The lowest BCUT2D eigenvalue weighted by Gasteiger charge is -2.37. The van der Waals surface area contributed by atoms with Crippen LogP contribution in [0.1, 0.15) is 51.1 Å². The van der Waals surface area contributed by atoms with Gasteiger partial charge in [-0.25, -0.2) is 0 Å². The number of ether oxygens (including phenoxy) is 1. The van der Waals surface area contributed by atoms with Gasteiger partial charge in [-0.1, -0.05) is 42.2 Å². The minimum Gasteiger partial charge on any atom is -0.494 e. The summed E-state index contributed by atoms with van der Waals surface area (Å²) in [5.41, 5.74) is 3.80. The molecule has 1 N–H and O–H groups in total. The molecular weight excluding hydrogens is 456 g/mol. The number of hydrogen-bond acceptors (Lipinski definition) is 5. The number of rotatable bonds is 8. The third kappa shape index (κ3) is 5.04. The number of hydrogen-bond donors (Lipinski definition) is 1. The van der Waals surface area contributed by atoms with Crippen LogP contribution in [0.3, 0.4) is 0 Å². The summed E-state index contributed by atoms with van der Waals surface area (Å²) in [4.78, 5) is 6.86. The molecule has 0 saturated carbocycles. The van der Waals surface area contributed by atoms with Crippen molar-refractivity contribution in [2.75, 3.05) is 13.2 Å². The van der Waals surface area contributed by atoms with Crippen LogP contribution in [0, 0.1) is 0 Å². The molecule has 6 nitrogen and oxygen atoms in total. The lowest BCUT2D eigenvalue weighted by atomic mass is 9.94. The Morgan fingerprint density at radius 3 is 2.52 bits per heavy atom. The van der Waals surface area contributed by atoms with Gasteiger partial charge in [0.15, 0.2) is 5.11 Å². The van der Waals surface area contributed by atoms with Crippen molar-refractivity contribution in [3.63, 3.8) is 0 Å². The van der Waals surface area contributed by atoms with E-state index in [1.54, 1.807) is 0 Å². The number of benzene rings is 2. The SMILES string of the molecule is CCCCN1C(=S)NC(c2ccc(Cl)cc2)C(c2nc(-c3ccc(OCC)cc3)no2)=C1C. The summed E-state index contributed by atoms with van der Waals surface area (Å²) >= 11 is 11.8. The molecule has 0 spiro atoms. The smallest absolute Gasteiger partial charge is 0.258 e. The third-order valence-electron chi connectivity index (χ3n) is 5.61. The van der Waals surface area contributed by atoms with Crippen LogP contribution < -0.4 is 10.1 Å². The van der Waals surface area contributed by atoms with Crippen LogP contribution in [-0.4, -0.2) is 33.3 Å². The van der Waals surface area contributed by atoms with E-state index in [2.05, 4.69) is 29.2 Å². The minimum atomic E-state index is -0.221. The Bertz CT molecular complexity index is 1140. The largest absolute Gasteiger partial charge is 0.494 e. The molecule has 33 heavy (non-hydrogen) atoms. The topological polar surface area (TPSA) is 63.4 Å². The standard InChI is InChI=1S/C25H27ClN4O2S/c1-4-6-15-30-16(3)21(22(27-25(30)33)17-7-11-19(26)12-8-17)24-28-23(29-32-24)18-9-13-20(14-10-18)31-5-2/h7-14,22H,4-6,15H2,1-3H3,(H,27,33). The van der Waals surface area contributed by atoms with Gasteiger partial charge in [0, 0.05) is 22.8 Å². The molecule has 1 aromatic heterocycles. The second kappa shape index (κ2) is 10.4. The first kappa shape index (κ1) is 23.3. The van der Waals surface area contributed by atoms with Gasteiger partial charge in [0.05, 0.1) is 18.2 Å². The predicted octanol–water partition coefficient (Wildman–Crippen LogP) is 6.25. The zero-order valence-corrected chi connectivity index (χ0v) is 20.5. The van der Waals surface area contributed by atoms with Crippen LogP contribution in [0.5, 0.6) is 5.75 Å². The molecule has 1 aliphatic rings. The van der Waals surface area contributed by atoms with Crippen molar-refractivity contribution in [1.82, 2.24) is 20.4 Å². The maximum atomic E-state index is 6.13. The normalized spacial score (nSPS) is 16.2. The Morgan fingerprint density at radius 2 is 1.85 bits per heavy atom. The minimum absolute atomic E-state index is 0.221. The fourth-order valence-corrected chi connectivity index (χ4v) is 4.34. The number of halogens is 1. The molecular formula is C25H27ClN4O2S. The van der Waals surface area contributed by atoms with E-state index in [0.29, 0.717) is 28.5 Å². The molecule has 0 fully saturated rings. The van der Waals surface area contributed by atoms with Gasteiger partial charge < -0.3 is 19.5 Å². The highest BCUT2D eigenvalue weighted by Gasteiger charge is 2.33. The fraction of sp³-hybridized carbons (Fsp3) is 0.320. The number of thiocarbonyl (C=S) groups is 1. The van der Waals surface area contributed by atoms with Crippen molar-refractivity contribution in [2.24, 2.45) is 0 Å². The van der Waals surface area contributed by atoms with E-state index in [1.165, 1.54) is 0 Å². The van der Waals surface area contributed by atoms with E-state index in [9.17, 15) is 0 Å². The van der Waals surface area contributed by atoms with Gasteiger partial charge in [0.25, 0.3) is 5.89 Å². The maximum absolute atomic E-state index is 6.13. The Kier molecular flexibility index (Phi) is 7.30. The van der Waals surface area contributed by atoms with Crippen LogP contribution in [0.25, 0.3) is 17.0 Å². The highest BCUT2D eigenvalue weighted by Crippen LogP contribution is 2.38. The first-order valence-electron chi connectivity index (χ1n) is 11.1. The van der Waals surface area contributed by atoms with Gasteiger partial charge in [0.2, 0.25) is 5.82 Å². The Labute approximate surface area is 204 Å². The summed E-state index contributed by atoms with van der Waals surface area (Å²) in [6, 6.07) is 15.2. The summed E-state index contributed by atoms with van der Waals surface area (Å²) in [5, 5.41) is 9.10. The number of aromatic nitrogens is 2. The van der Waals surface area contributed by atoms with Gasteiger partial charge in [-0.2, -0.15) is 4.98 Å². The van der Waals surface area contributed by atoms with Crippen LogP contribution >= 0.6 is 23.8 Å². The number of allylic oxidation sites excluding steroid dienone is 1. The van der Waals surface area contributed by atoms with Crippen molar-refractivity contribution in [3.05, 3.63) is 70.7 Å². The van der Waals surface area contributed by atoms with Gasteiger partial charge in [-0.15, -0.1) is 0 Å². The van der Waals surface area contributed by atoms with Crippen molar-refractivity contribution < 1.29 is 9.26 Å². The van der Waals surface area contributed by atoms with Crippen LogP contribution in [0.4, 0.5) is 0 Å². The van der Waals surface area contributed by atoms with E-state index < -0.39 is 0 Å². The summed E-state index contributed by atoms with van der Waals surface area (Å²) in [5.74, 6) is 1.80. The average molecular weight is 483 g/mol. The Balaban J connectivity index is 1.74. The van der Waals surface area contributed by atoms with E-state index in [4.69, 9.17) is 38.1 Å². The monoisotopic (exact) mass is 482 g/mol. The molecule has 0 amide bonds. The highest BCUT2D eigenvalue weighted by molar-refractivity contribution is 7.80. The maximum Gasteiger partial charge on any atom is 0.258 e. The van der Waals surface area contributed by atoms with E-state index in [1.807, 2.05) is 55.5 Å². The van der Waals surface area contributed by atoms with Gasteiger partial charge >= 0.3 is 0 Å². The second-order valence-electron chi connectivity index (χ2n) is 7.82. The fourth-order valence-electron chi connectivity index (χ4n) is 3.87. The quantitative estimate of drug-likeness (QED) is 0.380. The number of nitrogens with one attached hydrogen (secondary N) is 1. The molecule has 0 saturated heterocycles. The Morgan fingerprint density at radius 1 is 1.12 bits per heavy atom. The molecule has 8 heteroatoms. The first-order valence-corrected chi connectivity index (χ1v) is 11.9. The molecule has 0 radical (unpaired) electrons. The number of unbranched alkanes of at least 4 members (excludes halogenated alkanes) is 1. The molecule has 172 valence electrons. The van der Waals surface area contributed by atoms with E-state index >= 15 is 0 Å². The van der Waals surface area contributed by atoms with Crippen molar-refractivity contribution >= 4 is 34.5 Å². The van der Waals surface area contributed by atoms with Crippen molar-refractivity contribution in [1.29, 1.82) is 0 Å². The number of nitrogens with zero attached hydrogens (tertiary/aromatic N) is 3. The molecule has 2 aromatic carbocycles. The van der Waals surface area contributed by atoms with Crippen LogP contribution in [0.15, 0.2) is 58.8 Å². The Hall–Kier alpha value is -2.90. The molecule has 0 aliphatic carbocycles. The first-order chi connectivity index (χ1) is 16.0. The average Bonchev–Trinajstić information content (AvgIpc) is 3.29. The zero-order chi connectivity index (χ0) is 23.4. The summed E-state index contributed by atoms with van der Waals surface area (Å²) < 4.78 is 11.3. The second-order valence-corrected chi connectivity index (χ2v) is 8.64. The van der Waals surface area contributed by atoms with E-state index in [0.717, 1.165) is 47.5 Å². The van der Waals surface area contributed by atoms with Crippen molar-refractivity contribution in [3.8, 4) is 17.1 Å². The zero-order valence-electron chi connectivity index (χ0n) is 19.0.